The minimum absolute atomic E-state index is 0.105. The van der Waals surface area contributed by atoms with E-state index in [9.17, 15) is 14.4 Å². The Morgan fingerprint density at radius 1 is 1.16 bits per heavy atom. The van der Waals surface area contributed by atoms with E-state index in [4.69, 9.17) is 13.7 Å². The second-order valence-corrected chi connectivity index (χ2v) is 11.2. The summed E-state index contributed by atoms with van der Waals surface area (Å²) in [5.41, 5.74) is 0. The van der Waals surface area contributed by atoms with Gasteiger partial charge in [0.2, 0.25) is 5.91 Å². The molecule has 3 rings (SSSR count). The molecule has 0 spiro atoms. The zero-order valence-electron chi connectivity index (χ0n) is 21.4. The molecule has 2 fully saturated rings. The third kappa shape index (κ3) is 9.33. The Balaban J connectivity index is 1.65. The predicted molar refractivity (Wildman–Crippen MR) is 146 cm³/mol. The van der Waals surface area contributed by atoms with Gasteiger partial charge in [-0.2, -0.15) is 0 Å². The van der Waals surface area contributed by atoms with Crippen LogP contribution in [0, 0.1) is 0 Å². The van der Waals surface area contributed by atoms with Gasteiger partial charge in [-0.1, -0.05) is 34.8 Å². The molecular weight excluding hydrogens is 560 g/mol. The Morgan fingerprint density at radius 2 is 1.89 bits per heavy atom. The number of methoxy groups -OCH3 is 1. The number of hydrogen-bond acceptors (Lipinski definition) is 7. The van der Waals surface area contributed by atoms with Crippen molar-refractivity contribution < 1.29 is 28.0 Å². The summed E-state index contributed by atoms with van der Waals surface area (Å²) in [7, 11) is 1.31. The van der Waals surface area contributed by atoms with Crippen LogP contribution >= 0.6 is 28.0 Å². The van der Waals surface area contributed by atoms with Crippen molar-refractivity contribution in [3.63, 3.8) is 0 Å². The van der Waals surface area contributed by atoms with Crippen LogP contribution in [0.15, 0.2) is 46.3 Å². The Kier molecular flexibility index (Phi) is 12.3. The van der Waals surface area contributed by atoms with Gasteiger partial charge in [0.1, 0.15) is 18.2 Å². The molecule has 0 unspecified atom stereocenters. The van der Waals surface area contributed by atoms with Gasteiger partial charge in [0, 0.05) is 34.4 Å². The quantitative estimate of drug-likeness (QED) is 0.133. The molecule has 2 aliphatic rings. The van der Waals surface area contributed by atoms with Gasteiger partial charge in [0.15, 0.2) is 0 Å². The van der Waals surface area contributed by atoms with E-state index in [0.717, 1.165) is 60.7 Å². The predicted octanol–water partition coefficient (Wildman–Crippen LogP) is 5.79. The van der Waals surface area contributed by atoms with Crippen LogP contribution in [0.3, 0.4) is 0 Å². The molecule has 37 heavy (non-hydrogen) atoms. The lowest BCUT2D eigenvalue weighted by Gasteiger charge is -2.28. The molecule has 3 atom stereocenters. The average molecular weight is 598 g/mol. The highest BCUT2D eigenvalue weighted by atomic mass is 79.9. The van der Waals surface area contributed by atoms with Gasteiger partial charge in [-0.15, -0.1) is 6.58 Å². The van der Waals surface area contributed by atoms with Crippen molar-refractivity contribution in [1.82, 2.24) is 10.2 Å². The molecule has 0 bridgehead atoms. The van der Waals surface area contributed by atoms with Crippen LogP contribution in [0.1, 0.15) is 64.2 Å². The number of alkyl carbamates (subject to hydrolysis) is 1. The van der Waals surface area contributed by atoms with Gasteiger partial charge in [-0.05, 0) is 69.2 Å². The largest absolute Gasteiger partial charge is 0.467 e. The number of unbranched alkanes of at least 4 members (excludes halogenated alkanes) is 3. The van der Waals surface area contributed by atoms with Crippen molar-refractivity contribution in [3.8, 4) is 0 Å². The van der Waals surface area contributed by atoms with Crippen molar-refractivity contribution >= 4 is 45.9 Å². The highest BCUT2D eigenvalue weighted by Gasteiger charge is 2.43. The summed E-state index contributed by atoms with van der Waals surface area (Å²) in [4.78, 5) is 41.3. The van der Waals surface area contributed by atoms with Gasteiger partial charge in [-0.3, -0.25) is 4.79 Å². The number of likely N-dealkylation sites (tertiary alicyclic amines) is 1. The molecule has 1 aliphatic heterocycles. The molecule has 0 aromatic heterocycles. The van der Waals surface area contributed by atoms with Crippen molar-refractivity contribution in [2.45, 2.75) is 93.4 Å². The fraction of sp³-hybridized carbons (Fsp3) is 0.593. The number of carbonyl (C=O) groups excluding carboxylic acids is 3. The number of esters is 1. The van der Waals surface area contributed by atoms with E-state index in [1.54, 1.807) is 0 Å². The molecule has 1 aromatic rings. The van der Waals surface area contributed by atoms with E-state index in [2.05, 4.69) is 27.8 Å². The minimum Gasteiger partial charge on any atom is -0.467 e. The van der Waals surface area contributed by atoms with Gasteiger partial charge in [0.25, 0.3) is 0 Å². The van der Waals surface area contributed by atoms with Crippen LogP contribution < -0.4 is 5.32 Å². The first-order valence-electron chi connectivity index (χ1n) is 13.0. The average Bonchev–Trinajstić information content (AvgIpc) is 3.57. The lowest BCUT2D eigenvalue weighted by Crippen LogP contribution is -2.52. The smallest absolute Gasteiger partial charge is 0.408 e. The van der Waals surface area contributed by atoms with Gasteiger partial charge in [-0.25, -0.2) is 9.59 Å². The molecule has 1 N–H and O–H groups in total. The van der Waals surface area contributed by atoms with Crippen molar-refractivity contribution in [2.24, 2.45) is 0 Å². The van der Waals surface area contributed by atoms with Crippen molar-refractivity contribution in [1.29, 1.82) is 0 Å². The molecule has 1 saturated carbocycles. The minimum atomic E-state index is -0.789. The summed E-state index contributed by atoms with van der Waals surface area (Å²) in [5, 5.41) is 2.79. The molecule has 1 aromatic carbocycles. The van der Waals surface area contributed by atoms with Gasteiger partial charge < -0.3 is 23.9 Å². The third-order valence-corrected chi connectivity index (χ3v) is 8.04. The number of allylic oxidation sites excluding steroid dienone is 1. The Bertz CT molecular complexity index is 909. The van der Waals surface area contributed by atoms with Crippen LogP contribution in [0.2, 0.25) is 0 Å². The fourth-order valence-corrected chi connectivity index (χ4v) is 5.59. The standard InChI is InChI=1S/C27H37BrN2O6S/c1-3-4-5-6-7-12-23(29-27(33)35-20-10-8-9-11-20)25(31)30-18-21(17-24(30)26(32)34-2)36-37-22-15-13-19(28)14-16-22/h3,13-16,20-21,23-24H,1,4-12,17-18H2,2H3,(H,29,33)/t21-,23-,24-/m0/s1. The number of carbonyl (C=O) groups is 3. The molecular formula is C27H37BrN2O6S. The summed E-state index contributed by atoms with van der Waals surface area (Å²) in [6.45, 7) is 3.98. The summed E-state index contributed by atoms with van der Waals surface area (Å²) in [6.07, 6.45) is 8.91. The van der Waals surface area contributed by atoms with Crippen LogP contribution in [0.25, 0.3) is 0 Å². The zero-order valence-corrected chi connectivity index (χ0v) is 23.8. The van der Waals surface area contributed by atoms with Crippen LogP contribution in [0.5, 0.6) is 0 Å². The molecule has 204 valence electrons. The number of hydrogen-bond donors (Lipinski definition) is 1. The summed E-state index contributed by atoms with van der Waals surface area (Å²) >= 11 is 4.63. The fourth-order valence-electron chi connectivity index (χ4n) is 4.69. The van der Waals surface area contributed by atoms with Gasteiger partial charge >= 0.3 is 12.1 Å². The Labute approximate surface area is 232 Å². The maximum atomic E-state index is 13.7. The Morgan fingerprint density at radius 3 is 2.57 bits per heavy atom. The molecule has 1 aliphatic carbocycles. The number of ether oxygens (including phenoxy) is 2. The zero-order chi connectivity index (χ0) is 26.6. The monoisotopic (exact) mass is 596 g/mol. The molecule has 1 heterocycles. The second kappa shape index (κ2) is 15.4. The Hall–Kier alpha value is -2.04. The van der Waals surface area contributed by atoms with Crippen LogP contribution in [-0.4, -0.2) is 60.8 Å². The summed E-state index contributed by atoms with van der Waals surface area (Å²) in [5.74, 6) is -0.811. The number of amides is 2. The molecule has 2 amide bonds. The second-order valence-electron chi connectivity index (χ2n) is 9.46. The number of rotatable bonds is 13. The van der Waals surface area contributed by atoms with E-state index in [-0.39, 0.29) is 24.7 Å². The summed E-state index contributed by atoms with van der Waals surface area (Å²) in [6, 6.07) is 6.12. The highest BCUT2D eigenvalue weighted by molar-refractivity contribution is 9.10. The van der Waals surface area contributed by atoms with Crippen molar-refractivity contribution in [2.75, 3.05) is 13.7 Å². The van der Waals surface area contributed by atoms with E-state index >= 15 is 0 Å². The SMILES string of the molecule is C=CCCCCC[C@H](NC(=O)OC1CCCC1)C(=O)N1C[C@@H](OSc2ccc(Br)cc2)C[C@H]1C(=O)OC. The van der Waals surface area contributed by atoms with Crippen LogP contribution in [0.4, 0.5) is 4.79 Å². The maximum absolute atomic E-state index is 13.7. The number of nitrogens with one attached hydrogen (secondary N) is 1. The first-order chi connectivity index (χ1) is 17.9. The summed E-state index contributed by atoms with van der Waals surface area (Å²) < 4.78 is 17.5. The van der Waals surface area contributed by atoms with Crippen LogP contribution in [-0.2, 0) is 23.2 Å². The van der Waals surface area contributed by atoms with Crippen molar-refractivity contribution in [3.05, 3.63) is 41.4 Å². The molecule has 1 saturated heterocycles. The highest BCUT2D eigenvalue weighted by Crippen LogP contribution is 2.30. The molecule has 0 radical (unpaired) electrons. The first kappa shape index (κ1) is 29.5. The number of benzene rings is 1. The normalized spacial score (nSPS) is 20.4. The molecule has 10 heteroatoms. The maximum Gasteiger partial charge on any atom is 0.408 e. The third-order valence-electron chi connectivity index (χ3n) is 6.68. The van der Waals surface area contributed by atoms with Gasteiger partial charge in [0.05, 0.1) is 13.2 Å². The van der Waals surface area contributed by atoms with E-state index in [1.807, 2.05) is 30.3 Å². The lowest BCUT2D eigenvalue weighted by molar-refractivity contribution is -0.151. The lowest BCUT2D eigenvalue weighted by atomic mass is 10.1. The topological polar surface area (TPSA) is 94.2 Å². The van der Waals surface area contributed by atoms with E-state index in [0.29, 0.717) is 12.8 Å². The number of nitrogens with zero attached hydrogens (tertiary/aromatic N) is 1. The van der Waals surface area contributed by atoms with E-state index in [1.165, 1.54) is 24.1 Å². The first-order valence-corrected chi connectivity index (χ1v) is 14.5. The number of halogens is 1. The van der Waals surface area contributed by atoms with E-state index < -0.39 is 24.1 Å². The molecule has 8 nitrogen and oxygen atoms in total.